The molecule has 2 aromatic rings. The molecule has 1 aliphatic rings. The molecule has 3 rings (SSSR count). The maximum atomic E-state index is 12.0. The lowest BCUT2D eigenvalue weighted by Gasteiger charge is -2.10. The predicted octanol–water partition coefficient (Wildman–Crippen LogP) is 2.22. The molecule has 0 fully saturated rings. The van der Waals surface area contributed by atoms with Gasteiger partial charge in [-0.3, -0.25) is 4.79 Å². The Morgan fingerprint density at radius 3 is 2.75 bits per heavy atom. The first kappa shape index (κ1) is 15.7. The Bertz CT molecular complexity index is 773. The second-order valence-corrected chi connectivity index (χ2v) is 4.89. The summed E-state index contributed by atoms with van der Waals surface area (Å²) in [5.41, 5.74) is 0.786. The van der Waals surface area contributed by atoms with Gasteiger partial charge in [0, 0.05) is 0 Å². The van der Waals surface area contributed by atoms with E-state index < -0.39 is 18.5 Å². The maximum absolute atomic E-state index is 12.0. The number of carbonyl (C=O) groups excluding carboxylic acids is 2. The number of carbonyl (C=O) groups is 2. The first-order chi connectivity index (χ1) is 11.7. The van der Waals surface area contributed by atoms with Crippen molar-refractivity contribution in [3.8, 4) is 17.2 Å². The number of anilines is 1. The van der Waals surface area contributed by atoms with Crippen LogP contribution in [0.25, 0.3) is 0 Å². The molecule has 0 aliphatic carbocycles. The average molecular weight is 329 g/mol. The van der Waals surface area contributed by atoms with Crippen molar-refractivity contribution in [1.29, 1.82) is 0 Å². The molecule has 0 aromatic heterocycles. The number of esters is 1. The van der Waals surface area contributed by atoms with Crippen molar-refractivity contribution >= 4 is 17.6 Å². The van der Waals surface area contributed by atoms with Crippen molar-refractivity contribution in [2.75, 3.05) is 25.8 Å². The Labute approximate surface area is 138 Å². The van der Waals surface area contributed by atoms with Gasteiger partial charge in [0.2, 0.25) is 6.79 Å². The van der Waals surface area contributed by atoms with E-state index in [1.54, 1.807) is 36.4 Å². The fraction of sp³-hybridized carbons (Fsp3) is 0.176. The van der Waals surface area contributed by atoms with Crippen molar-refractivity contribution in [2.45, 2.75) is 0 Å². The normalized spacial score (nSPS) is 11.7. The molecule has 1 amide bonds. The Morgan fingerprint density at radius 2 is 1.92 bits per heavy atom. The van der Waals surface area contributed by atoms with Gasteiger partial charge in [-0.25, -0.2) is 4.79 Å². The summed E-state index contributed by atoms with van der Waals surface area (Å²) in [5, 5.41) is 2.62. The van der Waals surface area contributed by atoms with E-state index in [0.29, 0.717) is 22.9 Å². The third kappa shape index (κ3) is 3.40. The van der Waals surface area contributed by atoms with E-state index in [1.807, 2.05) is 0 Å². The van der Waals surface area contributed by atoms with Gasteiger partial charge in [0.1, 0.15) is 5.75 Å². The molecule has 1 N–H and O–H groups in total. The predicted molar refractivity (Wildman–Crippen MR) is 84.5 cm³/mol. The number of hydrogen-bond acceptors (Lipinski definition) is 6. The van der Waals surface area contributed by atoms with E-state index in [1.165, 1.54) is 13.2 Å². The van der Waals surface area contributed by atoms with Crippen molar-refractivity contribution in [2.24, 2.45) is 0 Å². The van der Waals surface area contributed by atoms with Gasteiger partial charge in [0.15, 0.2) is 18.1 Å². The molecule has 0 bridgehead atoms. The van der Waals surface area contributed by atoms with Gasteiger partial charge >= 0.3 is 5.97 Å². The largest absolute Gasteiger partial charge is 0.495 e. The topological polar surface area (TPSA) is 83.1 Å². The summed E-state index contributed by atoms with van der Waals surface area (Å²) in [4.78, 5) is 23.9. The van der Waals surface area contributed by atoms with Crippen LogP contribution in [0.4, 0.5) is 5.69 Å². The molecule has 0 radical (unpaired) electrons. The molecule has 0 unspecified atom stereocenters. The van der Waals surface area contributed by atoms with Crippen LogP contribution in [-0.4, -0.2) is 32.4 Å². The Morgan fingerprint density at radius 1 is 1.12 bits per heavy atom. The molecular weight excluding hydrogens is 314 g/mol. The lowest BCUT2D eigenvalue weighted by Crippen LogP contribution is -2.21. The molecule has 0 saturated carbocycles. The van der Waals surface area contributed by atoms with E-state index in [4.69, 9.17) is 18.9 Å². The molecule has 7 nitrogen and oxygen atoms in total. The molecule has 0 atom stereocenters. The number of para-hydroxylation sites is 2. The average Bonchev–Trinajstić information content (AvgIpc) is 3.07. The minimum Gasteiger partial charge on any atom is -0.495 e. The minimum absolute atomic E-state index is 0.120. The monoisotopic (exact) mass is 329 g/mol. The number of rotatable bonds is 5. The minimum atomic E-state index is -0.622. The van der Waals surface area contributed by atoms with E-state index in [9.17, 15) is 9.59 Å². The van der Waals surface area contributed by atoms with Crippen molar-refractivity contribution in [3.63, 3.8) is 0 Å². The molecule has 2 aromatic carbocycles. The summed E-state index contributed by atoms with van der Waals surface area (Å²) in [6, 6.07) is 11.6. The van der Waals surface area contributed by atoms with Crippen LogP contribution in [0.2, 0.25) is 0 Å². The van der Waals surface area contributed by atoms with Gasteiger partial charge < -0.3 is 24.3 Å². The van der Waals surface area contributed by atoms with Crippen LogP contribution >= 0.6 is 0 Å². The zero-order chi connectivity index (χ0) is 16.9. The summed E-state index contributed by atoms with van der Waals surface area (Å²) >= 11 is 0. The number of benzene rings is 2. The van der Waals surface area contributed by atoms with E-state index >= 15 is 0 Å². The van der Waals surface area contributed by atoms with Crippen LogP contribution in [0.1, 0.15) is 10.4 Å². The lowest BCUT2D eigenvalue weighted by molar-refractivity contribution is -0.119. The lowest BCUT2D eigenvalue weighted by atomic mass is 10.2. The van der Waals surface area contributed by atoms with Gasteiger partial charge in [-0.15, -0.1) is 0 Å². The molecule has 24 heavy (non-hydrogen) atoms. The summed E-state index contributed by atoms with van der Waals surface area (Å²) in [5.74, 6) is 0.480. The SMILES string of the molecule is COc1ccccc1NC(=O)COC(=O)c1ccc2c(c1)OCO2. The molecular formula is C17H15NO6. The third-order valence-corrected chi connectivity index (χ3v) is 3.32. The van der Waals surface area contributed by atoms with Crippen LogP contribution in [0.15, 0.2) is 42.5 Å². The highest BCUT2D eigenvalue weighted by atomic mass is 16.7. The van der Waals surface area contributed by atoms with Gasteiger partial charge in [-0.05, 0) is 30.3 Å². The summed E-state index contributed by atoms with van der Waals surface area (Å²) in [6.45, 7) is -0.291. The first-order valence-corrected chi connectivity index (χ1v) is 7.17. The number of amides is 1. The van der Waals surface area contributed by atoms with Crippen molar-refractivity contribution < 1.29 is 28.5 Å². The molecule has 0 spiro atoms. The van der Waals surface area contributed by atoms with Crippen LogP contribution < -0.4 is 19.5 Å². The van der Waals surface area contributed by atoms with E-state index in [-0.39, 0.29) is 12.4 Å². The standard InChI is InChI=1S/C17H15NO6/c1-21-13-5-3-2-4-12(13)18-16(19)9-22-17(20)11-6-7-14-15(8-11)24-10-23-14/h2-8H,9-10H2,1H3,(H,18,19). The fourth-order valence-electron chi connectivity index (χ4n) is 2.17. The van der Waals surface area contributed by atoms with Gasteiger partial charge in [0.25, 0.3) is 5.91 Å². The third-order valence-electron chi connectivity index (χ3n) is 3.32. The number of fused-ring (bicyclic) bond motifs is 1. The summed E-state index contributed by atoms with van der Waals surface area (Å²) in [6.07, 6.45) is 0. The smallest absolute Gasteiger partial charge is 0.338 e. The number of ether oxygens (including phenoxy) is 4. The summed E-state index contributed by atoms with van der Waals surface area (Å²) < 4.78 is 20.5. The van der Waals surface area contributed by atoms with E-state index in [0.717, 1.165) is 0 Å². The van der Waals surface area contributed by atoms with E-state index in [2.05, 4.69) is 5.32 Å². The Hall–Kier alpha value is -3.22. The maximum Gasteiger partial charge on any atom is 0.338 e. The fourth-order valence-corrected chi connectivity index (χ4v) is 2.17. The zero-order valence-electron chi connectivity index (χ0n) is 12.9. The van der Waals surface area contributed by atoms with Crippen molar-refractivity contribution in [1.82, 2.24) is 0 Å². The Kier molecular flexibility index (Phi) is 4.51. The molecule has 0 saturated heterocycles. The highest BCUT2D eigenvalue weighted by molar-refractivity contribution is 5.96. The van der Waals surface area contributed by atoms with Gasteiger partial charge in [-0.1, -0.05) is 12.1 Å². The molecule has 7 heteroatoms. The highest BCUT2D eigenvalue weighted by Gasteiger charge is 2.18. The van der Waals surface area contributed by atoms with Crippen LogP contribution in [-0.2, 0) is 9.53 Å². The highest BCUT2D eigenvalue weighted by Crippen LogP contribution is 2.32. The summed E-state index contributed by atoms with van der Waals surface area (Å²) in [7, 11) is 1.50. The van der Waals surface area contributed by atoms with Crippen LogP contribution in [0, 0.1) is 0 Å². The Balaban J connectivity index is 1.57. The first-order valence-electron chi connectivity index (χ1n) is 7.17. The number of methoxy groups -OCH3 is 1. The van der Waals surface area contributed by atoms with Crippen LogP contribution in [0.5, 0.6) is 17.2 Å². The number of nitrogens with one attached hydrogen (secondary N) is 1. The molecule has 1 aliphatic heterocycles. The van der Waals surface area contributed by atoms with Gasteiger partial charge in [0.05, 0.1) is 18.4 Å². The van der Waals surface area contributed by atoms with Crippen LogP contribution in [0.3, 0.4) is 0 Å². The second kappa shape index (κ2) is 6.91. The molecule has 124 valence electrons. The van der Waals surface area contributed by atoms with Gasteiger partial charge in [-0.2, -0.15) is 0 Å². The van der Waals surface area contributed by atoms with Crippen molar-refractivity contribution in [3.05, 3.63) is 48.0 Å². The quantitative estimate of drug-likeness (QED) is 0.847. The second-order valence-electron chi connectivity index (χ2n) is 4.89. The molecule has 1 heterocycles. The zero-order valence-corrected chi connectivity index (χ0v) is 12.9. The number of hydrogen-bond donors (Lipinski definition) is 1.